The van der Waals surface area contributed by atoms with E-state index in [0.29, 0.717) is 17.9 Å². The zero-order chi connectivity index (χ0) is 20.3. The summed E-state index contributed by atoms with van der Waals surface area (Å²) in [6.45, 7) is 4.32. The molecule has 0 saturated heterocycles. The summed E-state index contributed by atoms with van der Waals surface area (Å²) in [5, 5.41) is 13.3. The maximum absolute atomic E-state index is 13.4. The first kappa shape index (κ1) is 19.3. The van der Waals surface area contributed by atoms with Crippen molar-refractivity contribution in [1.82, 2.24) is 0 Å². The molecule has 0 aliphatic carbocycles. The minimum atomic E-state index is -0.965. The highest BCUT2D eigenvalue weighted by molar-refractivity contribution is 6.02. The summed E-state index contributed by atoms with van der Waals surface area (Å²) in [5.41, 5.74) is 1.15. The molecule has 0 radical (unpaired) electrons. The standard InChI is InChI=1S/C20H19FN2O5/c1-3-27-18-10-14-8-12(2)28-19(14)9-13(18)4-7-20(24)22-15-5-6-16(21)17(11-15)23(25)26/h4-7,9-12H,3,8H2,1-2H3,(H,22,24)/b7-4+/t12-/m1/s1. The topological polar surface area (TPSA) is 90.7 Å². The molecule has 0 saturated carbocycles. The molecule has 0 fully saturated rings. The molecule has 3 rings (SSSR count). The zero-order valence-electron chi connectivity index (χ0n) is 15.4. The summed E-state index contributed by atoms with van der Waals surface area (Å²) in [7, 11) is 0. The number of nitro groups is 1. The summed E-state index contributed by atoms with van der Waals surface area (Å²) in [6, 6.07) is 6.88. The van der Waals surface area contributed by atoms with E-state index in [9.17, 15) is 19.3 Å². The number of nitrogens with one attached hydrogen (secondary N) is 1. The molecule has 2 aromatic rings. The van der Waals surface area contributed by atoms with Crippen LogP contribution in [0.25, 0.3) is 6.08 Å². The van der Waals surface area contributed by atoms with Crippen molar-refractivity contribution in [2.24, 2.45) is 0 Å². The van der Waals surface area contributed by atoms with E-state index in [1.165, 1.54) is 12.1 Å². The number of rotatable bonds is 6. The maximum Gasteiger partial charge on any atom is 0.306 e. The Morgan fingerprint density at radius 1 is 1.43 bits per heavy atom. The van der Waals surface area contributed by atoms with Crippen LogP contribution < -0.4 is 14.8 Å². The fourth-order valence-corrected chi connectivity index (χ4v) is 2.95. The number of nitro benzene ring substituents is 1. The predicted octanol–water partition coefficient (Wildman–Crippen LogP) is 4.11. The number of amides is 1. The Morgan fingerprint density at radius 3 is 2.93 bits per heavy atom. The van der Waals surface area contributed by atoms with Gasteiger partial charge < -0.3 is 14.8 Å². The molecule has 0 bridgehead atoms. The molecule has 1 aliphatic rings. The van der Waals surface area contributed by atoms with Crippen LogP contribution in [0.1, 0.15) is 25.0 Å². The molecule has 8 heteroatoms. The largest absolute Gasteiger partial charge is 0.493 e. The molecular weight excluding hydrogens is 367 g/mol. The fraction of sp³-hybridized carbons (Fsp3) is 0.250. The lowest BCUT2D eigenvalue weighted by atomic mass is 10.1. The molecule has 0 spiro atoms. The van der Waals surface area contributed by atoms with Gasteiger partial charge >= 0.3 is 5.69 Å². The molecule has 2 aromatic carbocycles. The molecule has 0 unspecified atom stereocenters. The van der Waals surface area contributed by atoms with Gasteiger partial charge in [0.05, 0.1) is 11.5 Å². The Kier molecular flexibility index (Phi) is 5.58. The van der Waals surface area contributed by atoms with Crippen LogP contribution in [0.2, 0.25) is 0 Å². The van der Waals surface area contributed by atoms with Gasteiger partial charge in [-0.3, -0.25) is 14.9 Å². The molecular formula is C20H19FN2O5. The molecule has 146 valence electrons. The first-order valence-corrected chi connectivity index (χ1v) is 8.76. The van der Waals surface area contributed by atoms with Gasteiger partial charge in [0.2, 0.25) is 11.7 Å². The van der Waals surface area contributed by atoms with Crippen LogP contribution in [-0.4, -0.2) is 23.5 Å². The number of carbonyl (C=O) groups excluding carboxylic acids is 1. The monoisotopic (exact) mass is 386 g/mol. The van der Waals surface area contributed by atoms with E-state index in [4.69, 9.17) is 9.47 Å². The van der Waals surface area contributed by atoms with Crippen LogP contribution in [-0.2, 0) is 11.2 Å². The lowest BCUT2D eigenvalue weighted by molar-refractivity contribution is -0.387. The Bertz CT molecular complexity index is 958. The van der Waals surface area contributed by atoms with Crippen LogP contribution in [0.5, 0.6) is 11.5 Å². The number of hydrogen-bond donors (Lipinski definition) is 1. The Morgan fingerprint density at radius 2 is 2.21 bits per heavy atom. The lowest BCUT2D eigenvalue weighted by Crippen LogP contribution is -2.08. The van der Waals surface area contributed by atoms with Crippen molar-refractivity contribution in [2.45, 2.75) is 26.4 Å². The van der Waals surface area contributed by atoms with E-state index in [2.05, 4.69) is 5.32 Å². The normalized spacial score (nSPS) is 15.2. The first-order chi connectivity index (χ1) is 13.4. The molecule has 1 heterocycles. The van der Waals surface area contributed by atoms with Crippen LogP contribution in [0.15, 0.2) is 36.4 Å². The quantitative estimate of drug-likeness (QED) is 0.458. The maximum atomic E-state index is 13.4. The Balaban J connectivity index is 1.78. The summed E-state index contributed by atoms with van der Waals surface area (Å²) >= 11 is 0. The van der Waals surface area contributed by atoms with E-state index < -0.39 is 22.3 Å². The highest BCUT2D eigenvalue weighted by atomic mass is 19.1. The molecule has 1 amide bonds. The van der Waals surface area contributed by atoms with Gasteiger partial charge in [-0.2, -0.15) is 4.39 Å². The number of hydrogen-bond acceptors (Lipinski definition) is 5. The summed E-state index contributed by atoms with van der Waals surface area (Å²) in [4.78, 5) is 22.1. The minimum absolute atomic E-state index is 0.0845. The van der Waals surface area contributed by atoms with E-state index in [1.807, 2.05) is 26.0 Å². The molecule has 0 aromatic heterocycles. The smallest absolute Gasteiger partial charge is 0.306 e. The van der Waals surface area contributed by atoms with Crippen molar-refractivity contribution >= 4 is 23.4 Å². The number of anilines is 1. The highest BCUT2D eigenvalue weighted by Gasteiger charge is 2.21. The SMILES string of the molecule is CCOc1cc2c(cc1/C=C/C(=O)Nc1ccc(F)c([N+](=O)[O-])c1)O[C@H](C)C2. The number of benzene rings is 2. The van der Waals surface area contributed by atoms with Crippen LogP contribution in [0, 0.1) is 15.9 Å². The average Bonchev–Trinajstić information content (AvgIpc) is 3.00. The zero-order valence-corrected chi connectivity index (χ0v) is 15.4. The third-order valence-corrected chi connectivity index (χ3v) is 4.15. The molecule has 7 nitrogen and oxygen atoms in total. The van der Waals surface area contributed by atoms with Crippen molar-refractivity contribution in [3.63, 3.8) is 0 Å². The average molecular weight is 386 g/mol. The van der Waals surface area contributed by atoms with E-state index in [-0.39, 0.29) is 11.8 Å². The summed E-state index contributed by atoms with van der Waals surface area (Å²) in [5.74, 6) is -0.0870. The van der Waals surface area contributed by atoms with Gasteiger partial charge in [-0.05, 0) is 44.2 Å². The summed E-state index contributed by atoms with van der Waals surface area (Å²) in [6.07, 6.45) is 3.73. The number of nitrogens with zero attached hydrogens (tertiary/aromatic N) is 1. The van der Waals surface area contributed by atoms with E-state index >= 15 is 0 Å². The van der Waals surface area contributed by atoms with Crippen LogP contribution >= 0.6 is 0 Å². The number of ether oxygens (including phenoxy) is 2. The van der Waals surface area contributed by atoms with Crippen LogP contribution in [0.4, 0.5) is 15.8 Å². The molecule has 1 aliphatic heterocycles. The van der Waals surface area contributed by atoms with Crippen molar-refractivity contribution in [3.05, 3.63) is 63.5 Å². The molecule has 1 atom stereocenters. The Labute approximate surface area is 160 Å². The second kappa shape index (κ2) is 8.08. The third-order valence-electron chi connectivity index (χ3n) is 4.15. The van der Waals surface area contributed by atoms with Gasteiger partial charge in [0.15, 0.2) is 0 Å². The van der Waals surface area contributed by atoms with Gasteiger partial charge in [0, 0.05) is 35.4 Å². The number of carbonyl (C=O) groups is 1. The van der Waals surface area contributed by atoms with Gasteiger partial charge in [-0.15, -0.1) is 0 Å². The lowest BCUT2D eigenvalue weighted by Gasteiger charge is -2.10. The van der Waals surface area contributed by atoms with E-state index in [0.717, 1.165) is 29.9 Å². The van der Waals surface area contributed by atoms with Gasteiger partial charge in [0.1, 0.15) is 17.6 Å². The Hall–Kier alpha value is -3.42. The molecule has 28 heavy (non-hydrogen) atoms. The second-order valence-electron chi connectivity index (χ2n) is 6.31. The van der Waals surface area contributed by atoms with Crippen molar-refractivity contribution in [1.29, 1.82) is 0 Å². The van der Waals surface area contributed by atoms with E-state index in [1.54, 1.807) is 6.08 Å². The van der Waals surface area contributed by atoms with Crippen molar-refractivity contribution < 1.29 is 23.6 Å². The van der Waals surface area contributed by atoms with Crippen LogP contribution in [0.3, 0.4) is 0 Å². The first-order valence-electron chi connectivity index (χ1n) is 8.76. The number of fused-ring (bicyclic) bond motifs is 1. The molecule has 1 N–H and O–H groups in total. The summed E-state index contributed by atoms with van der Waals surface area (Å²) < 4.78 is 24.8. The van der Waals surface area contributed by atoms with Gasteiger partial charge in [0.25, 0.3) is 0 Å². The number of halogens is 1. The van der Waals surface area contributed by atoms with Crippen molar-refractivity contribution in [3.8, 4) is 11.5 Å². The third kappa shape index (κ3) is 4.28. The minimum Gasteiger partial charge on any atom is -0.493 e. The van der Waals surface area contributed by atoms with Gasteiger partial charge in [-0.25, -0.2) is 0 Å². The fourth-order valence-electron chi connectivity index (χ4n) is 2.95. The second-order valence-corrected chi connectivity index (χ2v) is 6.31. The predicted molar refractivity (Wildman–Crippen MR) is 102 cm³/mol. The van der Waals surface area contributed by atoms with Gasteiger partial charge in [-0.1, -0.05) is 0 Å². The van der Waals surface area contributed by atoms with Crippen molar-refractivity contribution in [2.75, 3.05) is 11.9 Å². The highest BCUT2D eigenvalue weighted by Crippen LogP contribution is 2.35.